The zero-order valence-corrected chi connectivity index (χ0v) is 15.3. The van der Waals surface area contributed by atoms with Gasteiger partial charge in [0.2, 0.25) is 5.91 Å². The largest absolute Gasteiger partial charge is 0.485 e. The zero-order chi connectivity index (χ0) is 19.1. The van der Waals surface area contributed by atoms with Crippen molar-refractivity contribution in [1.82, 2.24) is 9.80 Å². The van der Waals surface area contributed by atoms with Gasteiger partial charge in [0.25, 0.3) is 0 Å². The first-order chi connectivity index (χ1) is 12.2. The fourth-order valence-corrected chi connectivity index (χ4v) is 3.73. The SMILES string of the molecule is CC(O)CN1CCN([C@@H]2c3cc(C#N)ccc3OC(C)(C)[C@H]2O)C(=O)C1. The van der Waals surface area contributed by atoms with Gasteiger partial charge >= 0.3 is 0 Å². The van der Waals surface area contributed by atoms with Crippen LogP contribution in [0.15, 0.2) is 18.2 Å². The maximum atomic E-state index is 12.8. The lowest BCUT2D eigenvalue weighted by molar-refractivity contribution is -0.151. The highest BCUT2D eigenvalue weighted by Crippen LogP contribution is 2.43. The number of ether oxygens (including phenoxy) is 1. The molecule has 2 N–H and O–H groups in total. The van der Waals surface area contributed by atoms with Crippen LogP contribution >= 0.6 is 0 Å². The second kappa shape index (κ2) is 6.88. The van der Waals surface area contributed by atoms with Gasteiger partial charge in [-0.15, -0.1) is 0 Å². The van der Waals surface area contributed by atoms with Crippen LogP contribution in [0.1, 0.15) is 37.9 Å². The third kappa shape index (κ3) is 3.40. The monoisotopic (exact) mass is 359 g/mol. The molecule has 0 spiro atoms. The minimum atomic E-state index is -0.920. The minimum absolute atomic E-state index is 0.105. The first-order valence-corrected chi connectivity index (χ1v) is 8.84. The Balaban J connectivity index is 1.93. The number of hydrogen-bond acceptors (Lipinski definition) is 6. The van der Waals surface area contributed by atoms with E-state index in [2.05, 4.69) is 6.07 Å². The van der Waals surface area contributed by atoms with Crippen molar-refractivity contribution in [2.75, 3.05) is 26.2 Å². The van der Waals surface area contributed by atoms with Crippen molar-refractivity contribution < 1.29 is 19.7 Å². The van der Waals surface area contributed by atoms with Crippen molar-refractivity contribution in [3.8, 4) is 11.8 Å². The van der Waals surface area contributed by atoms with Crippen LogP contribution in [0.5, 0.6) is 5.75 Å². The van der Waals surface area contributed by atoms with Crippen LogP contribution in [0.4, 0.5) is 0 Å². The number of β-amino-alcohol motifs (C(OH)–C–C–N with tert-alkyl or cyclic N) is 1. The van der Waals surface area contributed by atoms with E-state index in [0.29, 0.717) is 36.5 Å². The number of aliphatic hydroxyl groups is 2. The summed E-state index contributed by atoms with van der Waals surface area (Å²) in [7, 11) is 0. The van der Waals surface area contributed by atoms with Crippen LogP contribution in [0, 0.1) is 11.3 Å². The fourth-order valence-electron chi connectivity index (χ4n) is 3.73. The van der Waals surface area contributed by atoms with E-state index in [4.69, 9.17) is 4.74 Å². The number of carbonyl (C=O) groups is 1. The van der Waals surface area contributed by atoms with E-state index in [1.54, 1.807) is 43.9 Å². The van der Waals surface area contributed by atoms with Crippen molar-refractivity contribution in [3.05, 3.63) is 29.3 Å². The summed E-state index contributed by atoms with van der Waals surface area (Å²) in [6.07, 6.45) is -1.42. The summed E-state index contributed by atoms with van der Waals surface area (Å²) in [5, 5.41) is 29.7. The lowest BCUT2D eigenvalue weighted by Gasteiger charge is -2.48. The molecular weight excluding hydrogens is 334 g/mol. The van der Waals surface area contributed by atoms with Crippen molar-refractivity contribution >= 4 is 5.91 Å². The van der Waals surface area contributed by atoms with Gasteiger partial charge in [0, 0.05) is 25.2 Å². The summed E-state index contributed by atoms with van der Waals surface area (Å²) in [6.45, 7) is 6.98. The van der Waals surface area contributed by atoms with Gasteiger partial charge in [-0.2, -0.15) is 5.26 Å². The average Bonchev–Trinajstić information content (AvgIpc) is 2.56. The summed E-state index contributed by atoms with van der Waals surface area (Å²) in [5.41, 5.74) is 0.265. The second-order valence-corrected chi connectivity index (χ2v) is 7.63. The molecule has 1 saturated heterocycles. The Bertz CT molecular complexity index is 741. The zero-order valence-electron chi connectivity index (χ0n) is 15.3. The van der Waals surface area contributed by atoms with Gasteiger partial charge in [-0.25, -0.2) is 0 Å². The lowest BCUT2D eigenvalue weighted by atomic mass is 9.84. The second-order valence-electron chi connectivity index (χ2n) is 7.63. The van der Waals surface area contributed by atoms with Crippen LogP contribution < -0.4 is 4.74 Å². The van der Waals surface area contributed by atoms with E-state index < -0.39 is 23.9 Å². The molecule has 0 aliphatic carbocycles. The summed E-state index contributed by atoms with van der Waals surface area (Å²) in [4.78, 5) is 16.4. The molecule has 0 saturated carbocycles. The maximum Gasteiger partial charge on any atom is 0.237 e. The minimum Gasteiger partial charge on any atom is -0.485 e. The van der Waals surface area contributed by atoms with Crippen LogP contribution in [0.3, 0.4) is 0 Å². The van der Waals surface area contributed by atoms with Crippen molar-refractivity contribution in [3.63, 3.8) is 0 Å². The molecule has 1 fully saturated rings. The Morgan fingerprint density at radius 3 is 2.77 bits per heavy atom. The Hall–Kier alpha value is -2.14. The highest BCUT2D eigenvalue weighted by atomic mass is 16.5. The first-order valence-electron chi connectivity index (χ1n) is 8.84. The molecule has 1 aromatic rings. The number of benzene rings is 1. The summed E-state index contributed by atoms with van der Waals surface area (Å²) in [6, 6.07) is 6.62. The molecule has 3 rings (SSSR count). The van der Waals surface area contributed by atoms with E-state index in [1.165, 1.54) is 0 Å². The lowest BCUT2D eigenvalue weighted by Crippen LogP contribution is -2.59. The van der Waals surface area contributed by atoms with E-state index in [9.17, 15) is 20.3 Å². The number of hydrogen-bond donors (Lipinski definition) is 2. The molecule has 1 unspecified atom stereocenters. The highest BCUT2D eigenvalue weighted by molar-refractivity contribution is 5.80. The Labute approximate surface area is 153 Å². The number of nitrogens with zero attached hydrogens (tertiary/aromatic N) is 3. The third-order valence-corrected chi connectivity index (χ3v) is 5.04. The van der Waals surface area contributed by atoms with E-state index in [-0.39, 0.29) is 12.5 Å². The molecule has 2 aliphatic heterocycles. The number of rotatable bonds is 3. The third-order valence-electron chi connectivity index (χ3n) is 5.04. The quantitative estimate of drug-likeness (QED) is 0.823. The van der Waals surface area contributed by atoms with E-state index >= 15 is 0 Å². The molecule has 1 amide bonds. The summed E-state index contributed by atoms with van der Waals surface area (Å²) in [5.74, 6) is 0.482. The average molecular weight is 359 g/mol. The molecule has 7 nitrogen and oxygen atoms in total. The van der Waals surface area contributed by atoms with Gasteiger partial charge in [-0.05, 0) is 39.0 Å². The molecule has 140 valence electrons. The molecule has 0 bridgehead atoms. The predicted molar refractivity (Wildman–Crippen MR) is 94.4 cm³/mol. The maximum absolute atomic E-state index is 12.8. The van der Waals surface area contributed by atoms with Gasteiger partial charge in [0.1, 0.15) is 17.5 Å². The van der Waals surface area contributed by atoms with Gasteiger partial charge in [-0.3, -0.25) is 9.69 Å². The van der Waals surface area contributed by atoms with Crippen LogP contribution in [0.2, 0.25) is 0 Å². The van der Waals surface area contributed by atoms with Crippen LogP contribution in [-0.2, 0) is 4.79 Å². The first kappa shape index (κ1) is 18.6. The number of fused-ring (bicyclic) bond motifs is 1. The molecule has 26 heavy (non-hydrogen) atoms. The fraction of sp³-hybridized carbons (Fsp3) is 0.579. The number of piperazine rings is 1. The van der Waals surface area contributed by atoms with E-state index in [0.717, 1.165) is 0 Å². The van der Waals surface area contributed by atoms with Crippen LogP contribution in [0.25, 0.3) is 0 Å². The van der Waals surface area contributed by atoms with Crippen molar-refractivity contribution in [2.24, 2.45) is 0 Å². The molecular formula is C19H25N3O4. The Morgan fingerprint density at radius 2 is 2.15 bits per heavy atom. The molecule has 7 heteroatoms. The molecule has 1 aromatic carbocycles. The Morgan fingerprint density at radius 1 is 1.42 bits per heavy atom. The molecule has 2 aliphatic rings. The van der Waals surface area contributed by atoms with Gasteiger partial charge in [0.05, 0.1) is 30.3 Å². The van der Waals surface area contributed by atoms with Gasteiger partial charge in [-0.1, -0.05) is 0 Å². The molecule has 2 heterocycles. The standard InChI is InChI=1S/C19H25N3O4/c1-12(23)10-21-6-7-22(16(24)11-21)17-14-8-13(9-20)4-5-15(14)26-19(2,3)18(17)25/h4-5,8,12,17-18,23,25H,6-7,10-11H2,1-3H3/t12?,17-,18+/m1/s1. The van der Waals surface area contributed by atoms with Crippen molar-refractivity contribution in [2.45, 2.75) is 44.6 Å². The smallest absolute Gasteiger partial charge is 0.237 e. The predicted octanol–water partition coefficient (Wildman–Crippen LogP) is 0.656. The van der Waals surface area contributed by atoms with E-state index in [1.807, 2.05) is 4.90 Å². The normalized spacial score (nSPS) is 26.6. The highest BCUT2D eigenvalue weighted by Gasteiger charge is 2.47. The summed E-state index contributed by atoms with van der Waals surface area (Å²) >= 11 is 0. The molecule has 0 aromatic heterocycles. The topological polar surface area (TPSA) is 97.0 Å². The number of aliphatic hydroxyl groups excluding tert-OH is 2. The van der Waals surface area contributed by atoms with Crippen LogP contribution in [-0.4, -0.2) is 69.9 Å². The summed E-state index contributed by atoms with van der Waals surface area (Å²) < 4.78 is 5.92. The number of nitriles is 1. The number of carbonyl (C=O) groups excluding carboxylic acids is 1. The van der Waals surface area contributed by atoms with Gasteiger partial charge < -0.3 is 19.8 Å². The molecule has 0 radical (unpaired) electrons. The molecule has 3 atom stereocenters. The van der Waals surface area contributed by atoms with Crippen molar-refractivity contribution in [1.29, 1.82) is 5.26 Å². The van der Waals surface area contributed by atoms with Gasteiger partial charge in [0.15, 0.2) is 0 Å². The number of amides is 1. The Kier molecular flexibility index (Phi) is 4.93.